The van der Waals surface area contributed by atoms with Crippen LogP contribution in [0.1, 0.15) is 6.42 Å². The van der Waals surface area contributed by atoms with Crippen LogP contribution in [-0.2, 0) is 9.59 Å². The standard InChI is InChI=1S/C21H23N3O3/c1-22-11-13-23(14-12-22)19-15-20(25)24(21(19)26)16-7-9-18(10-8-16)27-17-5-3-2-4-6-17/h2-10,19H,11-15H2,1H3/t19-/m0/s1. The minimum atomic E-state index is -0.341. The fraction of sp³-hybridized carbons (Fsp3) is 0.333. The van der Waals surface area contributed by atoms with Crippen LogP contribution in [0, 0.1) is 0 Å². The molecule has 6 heteroatoms. The Labute approximate surface area is 158 Å². The zero-order chi connectivity index (χ0) is 18.8. The second kappa shape index (κ2) is 7.50. The van der Waals surface area contributed by atoms with Crippen molar-refractivity contribution in [2.45, 2.75) is 12.5 Å². The van der Waals surface area contributed by atoms with Crippen molar-refractivity contribution in [1.29, 1.82) is 0 Å². The third-order valence-electron chi connectivity index (χ3n) is 5.18. The second-order valence-electron chi connectivity index (χ2n) is 7.04. The van der Waals surface area contributed by atoms with Crippen LogP contribution in [-0.4, -0.2) is 60.9 Å². The fourth-order valence-electron chi connectivity index (χ4n) is 3.59. The molecule has 0 unspecified atom stereocenters. The van der Waals surface area contributed by atoms with E-state index in [0.717, 1.165) is 31.9 Å². The summed E-state index contributed by atoms with van der Waals surface area (Å²) in [6, 6.07) is 16.3. The summed E-state index contributed by atoms with van der Waals surface area (Å²) in [6.45, 7) is 3.47. The quantitative estimate of drug-likeness (QED) is 0.779. The maximum atomic E-state index is 12.9. The Hall–Kier alpha value is -2.70. The Balaban J connectivity index is 1.46. The average Bonchev–Trinajstić information content (AvgIpc) is 2.98. The van der Waals surface area contributed by atoms with Crippen LogP contribution in [0.15, 0.2) is 54.6 Å². The number of benzene rings is 2. The Bertz CT molecular complexity index is 814. The van der Waals surface area contributed by atoms with Crippen LogP contribution in [0.3, 0.4) is 0 Å². The van der Waals surface area contributed by atoms with Gasteiger partial charge < -0.3 is 9.64 Å². The van der Waals surface area contributed by atoms with Gasteiger partial charge in [0.15, 0.2) is 0 Å². The Kier molecular flexibility index (Phi) is 4.92. The van der Waals surface area contributed by atoms with Gasteiger partial charge in [-0.1, -0.05) is 18.2 Å². The predicted octanol–water partition coefficient (Wildman–Crippen LogP) is 2.36. The van der Waals surface area contributed by atoms with E-state index < -0.39 is 0 Å². The van der Waals surface area contributed by atoms with Crippen molar-refractivity contribution in [3.8, 4) is 11.5 Å². The molecule has 0 aromatic heterocycles. The number of ether oxygens (including phenoxy) is 1. The highest BCUT2D eigenvalue weighted by Gasteiger charge is 2.43. The monoisotopic (exact) mass is 365 g/mol. The van der Waals surface area contributed by atoms with Crippen LogP contribution in [0.5, 0.6) is 11.5 Å². The zero-order valence-corrected chi connectivity index (χ0v) is 15.4. The van der Waals surface area contributed by atoms with Crippen LogP contribution in [0.2, 0.25) is 0 Å². The molecule has 2 aromatic rings. The van der Waals surface area contributed by atoms with Crippen molar-refractivity contribution < 1.29 is 14.3 Å². The van der Waals surface area contributed by atoms with Crippen molar-refractivity contribution in [3.63, 3.8) is 0 Å². The SMILES string of the molecule is CN1CCN([C@H]2CC(=O)N(c3ccc(Oc4ccccc4)cc3)C2=O)CC1. The lowest BCUT2D eigenvalue weighted by atomic mass is 10.2. The number of imide groups is 1. The first-order chi connectivity index (χ1) is 13.1. The van der Waals surface area contributed by atoms with E-state index >= 15 is 0 Å². The molecule has 4 rings (SSSR count). The van der Waals surface area contributed by atoms with Gasteiger partial charge in [0.1, 0.15) is 11.5 Å². The number of para-hydroxylation sites is 1. The number of carbonyl (C=O) groups excluding carboxylic acids is 2. The van der Waals surface area contributed by atoms with Gasteiger partial charge >= 0.3 is 0 Å². The number of hydrogen-bond acceptors (Lipinski definition) is 5. The van der Waals surface area contributed by atoms with E-state index in [1.165, 1.54) is 4.90 Å². The summed E-state index contributed by atoms with van der Waals surface area (Å²) in [4.78, 5) is 31.1. The van der Waals surface area contributed by atoms with Crippen LogP contribution >= 0.6 is 0 Å². The lowest BCUT2D eigenvalue weighted by molar-refractivity contribution is -0.123. The molecule has 2 aliphatic rings. The molecule has 2 saturated heterocycles. The first kappa shape index (κ1) is 17.7. The summed E-state index contributed by atoms with van der Waals surface area (Å²) < 4.78 is 5.77. The van der Waals surface area contributed by atoms with E-state index in [9.17, 15) is 9.59 Å². The van der Waals surface area contributed by atoms with Gasteiger partial charge in [-0.3, -0.25) is 14.5 Å². The van der Waals surface area contributed by atoms with Crippen molar-refractivity contribution in [2.75, 3.05) is 38.1 Å². The first-order valence-corrected chi connectivity index (χ1v) is 9.24. The van der Waals surface area contributed by atoms with E-state index in [1.807, 2.05) is 30.3 Å². The molecule has 0 bridgehead atoms. The highest BCUT2D eigenvalue weighted by molar-refractivity contribution is 6.22. The largest absolute Gasteiger partial charge is 0.457 e. The average molecular weight is 365 g/mol. The Morgan fingerprint density at radius 2 is 1.48 bits per heavy atom. The zero-order valence-electron chi connectivity index (χ0n) is 15.4. The summed E-state index contributed by atoms with van der Waals surface area (Å²) >= 11 is 0. The lowest BCUT2D eigenvalue weighted by Gasteiger charge is -2.35. The molecule has 6 nitrogen and oxygen atoms in total. The van der Waals surface area contributed by atoms with Crippen molar-refractivity contribution in [3.05, 3.63) is 54.6 Å². The van der Waals surface area contributed by atoms with Crippen LogP contribution in [0.4, 0.5) is 5.69 Å². The van der Waals surface area contributed by atoms with Gasteiger partial charge in [-0.15, -0.1) is 0 Å². The predicted molar refractivity (Wildman–Crippen MR) is 103 cm³/mol. The number of nitrogens with zero attached hydrogens (tertiary/aromatic N) is 3. The van der Waals surface area contributed by atoms with E-state index in [4.69, 9.17) is 4.74 Å². The van der Waals surface area contributed by atoms with Gasteiger partial charge in [0.25, 0.3) is 5.91 Å². The third kappa shape index (κ3) is 3.72. The summed E-state index contributed by atoms with van der Waals surface area (Å²) in [5.74, 6) is 1.15. The topological polar surface area (TPSA) is 53.1 Å². The summed E-state index contributed by atoms with van der Waals surface area (Å²) in [5, 5.41) is 0. The molecule has 1 atom stereocenters. The molecule has 27 heavy (non-hydrogen) atoms. The molecule has 140 valence electrons. The molecule has 2 aromatic carbocycles. The molecule has 2 fully saturated rings. The number of rotatable bonds is 4. The van der Waals surface area contributed by atoms with E-state index in [2.05, 4.69) is 16.8 Å². The van der Waals surface area contributed by atoms with Crippen molar-refractivity contribution in [1.82, 2.24) is 9.80 Å². The second-order valence-corrected chi connectivity index (χ2v) is 7.04. The van der Waals surface area contributed by atoms with E-state index in [-0.39, 0.29) is 24.3 Å². The molecule has 2 amide bonds. The molecule has 2 heterocycles. The molecule has 0 spiro atoms. The van der Waals surface area contributed by atoms with Gasteiger partial charge in [-0.05, 0) is 43.4 Å². The molecule has 0 radical (unpaired) electrons. The van der Waals surface area contributed by atoms with Crippen LogP contribution < -0.4 is 9.64 Å². The van der Waals surface area contributed by atoms with Gasteiger partial charge in [0, 0.05) is 26.2 Å². The Morgan fingerprint density at radius 1 is 0.852 bits per heavy atom. The van der Waals surface area contributed by atoms with Crippen molar-refractivity contribution >= 4 is 17.5 Å². The number of anilines is 1. The molecular formula is C21H23N3O3. The smallest absolute Gasteiger partial charge is 0.251 e. The molecule has 0 saturated carbocycles. The van der Waals surface area contributed by atoms with Gasteiger partial charge in [0.2, 0.25) is 5.91 Å². The maximum absolute atomic E-state index is 12.9. The highest BCUT2D eigenvalue weighted by Crippen LogP contribution is 2.29. The molecule has 0 aliphatic carbocycles. The number of amides is 2. The summed E-state index contributed by atoms with van der Waals surface area (Å²) in [6.07, 6.45) is 0.255. The first-order valence-electron chi connectivity index (χ1n) is 9.24. The number of piperazine rings is 1. The van der Waals surface area contributed by atoms with E-state index in [1.54, 1.807) is 24.3 Å². The summed E-state index contributed by atoms with van der Waals surface area (Å²) in [7, 11) is 2.07. The number of carbonyl (C=O) groups is 2. The third-order valence-corrected chi connectivity index (χ3v) is 5.18. The highest BCUT2D eigenvalue weighted by atomic mass is 16.5. The number of likely N-dealkylation sites (N-methyl/N-ethyl adjacent to an activating group) is 1. The fourth-order valence-corrected chi connectivity index (χ4v) is 3.59. The summed E-state index contributed by atoms with van der Waals surface area (Å²) in [5.41, 5.74) is 0.599. The van der Waals surface area contributed by atoms with Gasteiger partial charge in [-0.25, -0.2) is 4.90 Å². The minimum absolute atomic E-state index is 0.124. The minimum Gasteiger partial charge on any atom is -0.457 e. The molecule has 2 aliphatic heterocycles. The van der Waals surface area contributed by atoms with Crippen LogP contribution in [0.25, 0.3) is 0 Å². The Morgan fingerprint density at radius 3 is 2.15 bits per heavy atom. The number of hydrogen-bond donors (Lipinski definition) is 0. The van der Waals surface area contributed by atoms with Gasteiger partial charge in [-0.2, -0.15) is 0 Å². The van der Waals surface area contributed by atoms with E-state index in [0.29, 0.717) is 11.4 Å². The molecule has 0 N–H and O–H groups in total. The molecular weight excluding hydrogens is 342 g/mol. The normalized spacial score (nSPS) is 21.7. The van der Waals surface area contributed by atoms with Crippen molar-refractivity contribution in [2.24, 2.45) is 0 Å². The van der Waals surface area contributed by atoms with Gasteiger partial charge in [0.05, 0.1) is 18.2 Å². The lowest BCUT2D eigenvalue weighted by Crippen LogP contribution is -2.51. The maximum Gasteiger partial charge on any atom is 0.251 e.